The Kier molecular flexibility index (Phi) is 9.02. The zero-order valence-electron chi connectivity index (χ0n) is 15.0. The second-order valence-corrected chi connectivity index (χ2v) is 6.72. The molecule has 0 aliphatic rings. The lowest BCUT2D eigenvalue weighted by Gasteiger charge is -2.35. The Morgan fingerprint density at radius 2 is 1.62 bits per heavy atom. The normalized spacial score (nSPS) is 12.7. The number of quaternary nitrogens is 1. The Morgan fingerprint density at radius 1 is 1.00 bits per heavy atom. The van der Waals surface area contributed by atoms with Gasteiger partial charge in [-0.25, -0.2) is 0 Å². The van der Waals surface area contributed by atoms with E-state index in [1.165, 1.54) is 5.39 Å². The number of ether oxygens (including phenoxy) is 1. The average molecular weight is 443 g/mol. The van der Waals surface area contributed by atoms with Crippen LogP contribution in [0.2, 0.25) is 0 Å². The molecule has 0 radical (unpaired) electrons. The van der Waals surface area contributed by atoms with Gasteiger partial charge in [0.2, 0.25) is 0 Å². The van der Waals surface area contributed by atoms with E-state index in [2.05, 4.69) is 39.1 Å². The van der Waals surface area contributed by atoms with Crippen LogP contribution in [0.4, 0.5) is 0 Å². The fraction of sp³-hybridized carbons (Fsp3) is 0.500. The van der Waals surface area contributed by atoms with Gasteiger partial charge in [-0.05, 0) is 35.7 Å². The minimum absolute atomic E-state index is 0. The highest BCUT2D eigenvalue weighted by atomic mass is 127. The molecule has 2 aromatic rings. The second-order valence-electron chi connectivity index (χ2n) is 6.72. The Balaban J connectivity index is 0.00000288. The number of likely N-dealkylation sites (N-methyl/N-ethyl adjacent to an activating group) is 1. The van der Waals surface area contributed by atoms with Crippen LogP contribution in [-0.4, -0.2) is 49.0 Å². The number of hydrogen-bond donors (Lipinski definition) is 1. The maximum Gasteiger partial charge on any atom is 0.137 e. The molecule has 0 amide bonds. The first kappa shape index (κ1) is 21.2. The summed E-state index contributed by atoms with van der Waals surface area (Å²) < 4.78 is 6.73. The molecule has 4 heteroatoms. The molecule has 0 aromatic heterocycles. The molecule has 1 atom stereocenters. The van der Waals surface area contributed by atoms with E-state index in [4.69, 9.17) is 4.74 Å². The lowest BCUT2D eigenvalue weighted by molar-refractivity contribution is -0.912. The van der Waals surface area contributed by atoms with Gasteiger partial charge in [-0.2, -0.15) is 0 Å². The van der Waals surface area contributed by atoms with E-state index >= 15 is 0 Å². The molecule has 0 fully saturated rings. The zero-order chi connectivity index (χ0) is 16.7. The van der Waals surface area contributed by atoms with Crippen molar-refractivity contribution in [2.45, 2.75) is 32.8 Å². The van der Waals surface area contributed by atoms with E-state index in [1.54, 1.807) is 0 Å². The highest BCUT2D eigenvalue weighted by Gasteiger charge is 2.24. The maximum atomic E-state index is 10.4. The molecular weight excluding hydrogens is 413 g/mol. The van der Waals surface area contributed by atoms with Crippen molar-refractivity contribution in [1.82, 2.24) is 0 Å². The molecule has 0 saturated carbocycles. The molecule has 0 aliphatic carbocycles. The van der Waals surface area contributed by atoms with Crippen LogP contribution in [-0.2, 0) is 0 Å². The number of nitrogens with zero attached hydrogens (tertiary/aromatic N) is 1. The predicted molar refractivity (Wildman–Crippen MR) is 96.8 cm³/mol. The van der Waals surface area contributed by atoms with Gasteiger partial charge in [0.25, 0.3) is 0 Å². The van der Waals surface area contributed by atoms with Crippen molar-refractivity contribution in [3.8, 4) is 5.75 Å². The molecule has 2 rings (SSSR count). The molecule has 1 N–H and O–H groups in total. The smallest absolute Gasteiger partial charge is 0.137 e. The van der Waals surface area contributed by atoms with Crippen molar-refractivity contribution in [2.75, 3.05) is 33.3 Å². The second kappa shape index (κ2) is 10.2. The molecule has 2 aromatic carbocycles. The number of halogens is 1. The van der Waals surface area contributed by atoms with Gasteiger partial charge in [0.15, 0.2) is 0 Å². The molecule has 0 heterocycles. The molecule has 0 aliphatic heterocycles. The maximum absolute atomic E-state index is 10.4. The summed E-state index contributed by atoms with van der Waals surface area (Å²) in [4.78, 5) is 0. The van der Waals surface area contributed by atoms with Crippen molar-refractivity contribution in [3.63, 3.8) is 0 Å². The Bertz CT molecular complexity index is 611. The van der Waals surface area contributed by atoms with Crippen LogP contribution in [0.1, 0.15) is 26.7 Å². The molecule has 3 nitrogen and oxygen atoms in total. The first-order valence-corrected chi connectivity index (χ1v) is 8.69. The first-order chi connectivity index (χ1) is 11.1. The van der Waals surface area contributed by atoms with Crippen LogP contribution >= 0.6 is 0 Å². The number of benzene rings is 2. The minimum Gasteiger partial charge on any atom is -1.00 e. The average Bonchev–Trinajstić information content (AvgIpc) is 2.53. The predicted octanol–water partition coefficient (Wildman–Crippen LogP) is 0.850. The Morgan fingerprint density at radius 3 is 2.25 bits per heavy atom. The topological polar surface area (TPSA) is 29.5 Å². The van der Waals surface area contributed by atoms with Gasteiger partial charge in [0.1, 0.15) is 25.0 Å². The third-order valence-electron chi connectivity index (χ3n) is 4.34. The summed E-state index contributed by atoms with van der Waals surface area (Å²) in [6.45, 7) is 7.69. The van der Waals surface area contributed by atoms with Crippen molar-refractivity contribution in [3.05, 3.63) is 42.5 Å². The van der Waals surface area contributed by atoms with Gasteiger partial charge >= 0.3 is 0 Å². The third kappa shape index (κ3) is 6.22. The van der Waals surface area contributed by atoms with Crippen LogP contribution in [0, 0.1) is 0 Å². The first-order valence-electron chi connectivity index (χ1n) is 8.69. The van der Waals surface area contributed by atoms with Crippen LogP contribution in [0.15, 0.2) is 42.5 Å². The molecule has 1 unspecified atom stereocenters. The fourth-order valence-electron chi connectivity index (χ4n) is 3.39. The van der Waals surface area contributed by atoms with E-state index in [0.717, 1.165) is 48.1 Å². The van der Waals surface area contributed by atoms with Gasteiger partial charge < -0.3 is 38.3 Å². The van der Waals surface area contributed by atoms with Gasteiger partial charge in [-0.15, -0.1) is 0 Å². The van der Waals surface area contributed by atoms with Crippen LogP contribution in [0.3, 0.4) is 0 Å². The summed E-state index contributed by atoms with van der Waals surface area (Å²) in [5.74, 6) is 0.822. The Labute approximate surface area is 163 Å². The summed E-state index contributed by atoms with van der Waals surface area (Å²) in [6, 6.07) is 14.3. The van der Waals surface area contributed by atoms with Crippen LogP contribution in [0.25, 0.3) is 10.8 Å². The van der Waals surface area contributed by atoms with Gasteiger partial charge in [-0.1, -0.05) is 44.2 Å². The highest BCUT2D eigenvalue weighted by molar-refractivity contribution is 5.83. The van der Waals surface area contributed by atoms with E-state index in [1.807, 2.05) is 24.3 Å². The van der Waals surface area contributed by atoms with Gasteiger partial charge in [0, 0.05) is 0 Å². The standard InChI is InChI=1S/C20H30NO2.HI/c1-4-12-21(3,13-5-2)15-19(22)16-23-20-11-10-17-8-6-7-9-18(17)14-20;/h6-11,14,19,22H,4-5,12-13,15-16H2,1-3H3;1H/q+1;/p-1. The summed E-state index contributed by atoms with van der Waals surface area (Å²) in [6.07, 6.45) is 1.83. The molecule has 0 saturated heterocycles. The zero-order valence-corrected chi connectivity index (χ0v) is 17.2. The monoisotopic (exact) mass is 443 g/mol. The van der Waals surface area contributed by atoms with Gasteiger partial charge in [-0.3, -0.25) is 0 Å². The summed E-state index contributed by atoms with van der Waals surface area (Å²) in [5.41, 5.74) is 0. The summed E-state index contributed by atoms with van der Waals surface area (Å²) >= 11 is 0. The van der Waals surface area contributed by atoms with E-state index in [9.17, 15) is 5.11 Å². The number of aliphatic hydroxyl groups is 1. The largest absolute Gasteiger partial charge is 1.00 e. The number of fused-ring (bicyclic) bond motifs is 1. The van der Waals surface area contributed by atoms with Crippen molar-refractivity contribution >= 4 is 10.8 Å². The van der Waals surface area contributed by atoms with Crippen molar-refractivity contribution in [1.29, 1.82) is 0 Å². The molecule has 0 bridgehead atoms. The molecule has 24 heavy (non-hydrogen) atoms. The lowest BCUT2D eigenvalue weighted by atomic mass is 10.1. The lowest BCUT2D eigenvalue weighted by Crippen LogP contribution is -3.00. The van der Waals surface area contributed by atoms with Crippen LogP contribution in [0.5, 0.6) is 5.75 Å². The van der Waals surface area contributed by atoms with Gasteiger partial charge in [0.05, 0.1) is 20.1 Å². The van der Waals surface area contributed by atoms with E-state index in [-0.39, 0.29) is 24.0 Å². The molecular formula is C20H30INO2. The quantitative estimate of drug-likeness (QED) is 0.460. The summed E-state index contributed by atoms with van der Waals surface area (Å²) in [7, 11) is 2.23. The van der Waals surface area contributed by atoms with E-state index < -0.39 is 6.10 Å². The number of aliphatic hydroxyl groups excluding tert-OH is 1. The molecule has 0 spiro atoms. The Hall–Kier alpha value is -0.850. The highest BCUT2D eigenvalue weighted by Crippen LogP contribution is 2.20. The third-order valence-corrected chi connectivity index (χ3v) is 4.34. The molecule has 134 valence electrons. The number of rotatable bonds is 9. The van der Waals surface area contributed by atoms with Crippen molar-refractivity contribution < 1.29 is 38.3 Å². The van der Waals surface area contributed by atoms with Crippen LogP contribution < -0.4 is 28.7 Å². The summed E-state index contributed by atoms with van der Waals surface area (Å²) in [5, 5.41) is 12.7. The van der Waals surface area contributed by atoms with E-state index in [0.29, 0.717) is 6.61 Å². The van der Waals surface area contributed by atoms with Crippen molar-refractivity contribution in [2.24, 2.45) is 0 Å². The SMILES string of the molecule is CCC[N+](C)(CCC)CC(O)COc1ccc2ccccc2c1.[I-]. The fourth-order valence-corrected chi connectivity index (χ4v) is 3.39. The number of hydrogen-bond acceptors (Lipinski definition) is 2. The minimum atomic E-state index is -0.440.